The van der Waals surface area contributed by atoms with Crippen LogP contribution in [0.15, 0.2) is 0 Å². The number of nitrogens with one attached hydrogen (secondary N) is 1. The van der Waals surface area contributed by atoms with E-state index in [1.807, 2.05) is 18.7 Å². The van der Waals surface area contributed by atoms with E-state index in [1.165, 1.54) is 0 Å². The largest absolute Gasteiger partial charge is 0.481 e. The Hall–Kier alpha value is -2.05. The van der Waals surface area contributed by atoms with Gasteiger partial charge in [-0.3, -0.25) is 9.48 Å². The smallest absolute Gasteiger partial charge is 0.317 e. The number of aryl methyl sites for hydroxylation is 2. The van der Waals surface area contributed by atoms with Crippen LogP contribution in [0.4, 0.5) is 4.79 Å². The zero-order valence-electron chi connectivity index (χ0n) is 13.4. The molecule has 22 heavy (non-hydrogen) atoms. The summed E-state index contributed by atoms with van der Waals surface area (Å²) in [4.78, 5) is 24.7. The highest BCUT2D eigenvalue weighted by molar-refractivity contribution is 5.77. The van der Waals surface area contributed by atoms with Gasteiger partial charge in [0.05, 0.1) is 11.6 Å². The van der Waals surface area contributed by atoms with Crippen LogP contribution in [0.25, 0.3) is 0 Å². The van der Waals surface area contributed by atoms with Gasteiger partial charge in [-0.15, -0.1) is 0 Å². The number of carbonyl (C=O) groups is 2. The number of aliphatic carboxylic acids is 1. The maximum atomic E-state index is 12.2. The molecule has 0 spiro atoms. The van der Waals surface area contributed by atoms with E-state index in [-0.39, 0.29) is 12.6 Å². The van der Waals surface area contributed by atoms with Gasteiger partial charge >= 0.3 is 12.0 Å². The molecule has 1 aliphatic rings. The van der Waals surface area contributed by atoms with Crippen LogP contribution in [-0.4, -0.2) is 44.9 Å². The average molecular weight is 308 g/mol. The summed E-state index contributed by atoms with van der Waals surface area (Å²) in [5.74, 6) is -1.27. The van der Waals surface area contributed by atoms with Crippen LogP contribution in [0.1, 0.15) is 37.2 Å². The zero-order chi connectivity index (χ0) is 16.3. The Morgan fingerprint density at radius 3 is 2.64 bits per heavy atom. The van der Waals surface area contributed by atoms with Gasteiger partial charge in [0.1, 0.15) is 0 Å². The molecular weight excluding hydrogens is 284 g/mol. The van der Waals surface area contributed by atoms with Crippen molar-refractivity contribution in [2.75, 3.05) is 13.1 Å². The Kier molecular flexibility index (Phi) is 5.05. The third kappa shape index (κ3) is 3.23. The summed E-state index contributed by atoms with van der Waals surface area (Å²) < 4.78 is 1.87. The number of carboxylic acids is 1. The highest BCUT2D eigenvalue weighted by Crippen LogP contribution is 2.18. The standard InChI is InChI=1S/C15H24N4O3/c1-4-12-11(13(5-2)18(3)17-12)8-16-15(22)19-7-6-10(9-19)14(20)21/h10H,4-9H2,1-3H3,(H,16,22)(H,20,21). The summed E-state index contributed by atoms with van der Waals surface area (Å²) in [6, 6.07) is -0.197. The lowest BCUT2D eigenvalue weighted by Crippen LogP contribution is -2.38. The average Bonchev–Trinajstić information content (AvgIpc) is 3.09. The maximum Gasteiger partial charge on any atom is 0.317 e. The number of likely N-dealkylation sites (tertiary alicyclic amines) is 1. The van der Waals surface area contributed by atoms with E-state index >= 15 is 0 Å². The molecule has 1 atom stereocenters. The lowest BCUT2D eigenvalue weighted by molar-refractivity contribution is -0.141. The van der Waals surface area contributed by atoms with Gasteiger partial charge in [-0.05, 0) is 19.3 Å². The second kappa shape index (κ2) is 6.81. The Labute approximate surface area is 130 Å². The molecule has 2 heterocycles. The molecule has 7 heteroatoms. The second-order valence-corrected chi connectivity index (χ2v) is 5.63. The maximum absolute atomic E-state index is 12.2. The molecule has 1 aliphatic heterocycles. The van der Waals surface area contributed by atoms with Crippen LogP contribution in [0.2, 0.25) is 0 Å². The SMILES string of the molecule is CCc1nn(C)c(CC)c1CNC(=O)N1CCC(C(=O)O)C1. The zero-order valence-corrected chi connectivity index (χ0v) is 13.4. The minimum atomic E-state index is -0.830. The van der Waals surface area contributed by atoms with Gasteiger partial charge in [-0.2, -0.15) is 5.10 Å². The van der Waals surface area contributed by atoms with E-state index in [0.717, 1.165) is 29.8 Å². The van der Waals surface area contributed by atoms with Gasteiger partial charge in [0.2, 0.25) is 0 Å². The molecule has 1 fully saturated rings. The van der Waals surface area contributed by atoms with Crippen molar-refractivity contribution in [3.63, 3.8) is 0 Å². The van der Waals surface area contributed by atoms with Gasteiger partial charge in [0.25, 0.3) is 0 Å². The van der Waals surface area contributed by atoms with Crippen molar-refractivity contribution >= 4 is 12.0 Å². The molecule has 1 saturated heterocycles. The number of carbonyl (C=O) groups excluding carboxylic acids is 1. The fraction of sp³-hybridized carbons (Fsp3) is 0.667. The lowest BCUT2D eigenvalue weighted by Gasteiger charge is -2.17. The van der Waals surface area contributed by atoms with E-state index in [0.29, 0.717) is 19.5 Å². The first-order chi connectivity index (χ1) is 10.5. The first kappa shape index (κ1) is 16.3. The molecule has 2 amide bonds. The highest BCUT2D eigenvalue weighted by atomic mass is 16.4. The van der Waals surface area contributed by atoms with Gasteiger partial charge < -0.3 is 15.3 Å². The topological polar surface area (TPSA) is 87.5 Å². The van der Waals surface area contributed by atoms with Crippen LogP contribution in [0.5, 0.6) is 0 Å². The molecule has 2 N–H and O–H groups in total. The fourth-order valence-corrected chi connectivity index (χ4v) is 3.02. The van der Waals surface area contributed by atoms with Crippen molar-refractivity contribution in [2.24, 2.45) is 13.0 Å². The summed E-state index contributed by atoms with van der Waals surface area (Å²) in [7, 11) is 1.92. The predicted molar refractivity (Wildman–Crippen MR) is 81.5 cm³/mol. The van der Waals surface area contributed by atoms with Gasteiger partial charge in [-0.1, -0.05) is 13.8 Å². The number of aromatic nitrogens is 2. The van der Waals surface area contributed by atoms with Gasteiger partial charge in [0.15, 0.2) is 0 Å². The summed E-state index contributed by atoms with van der Waals surface area (Å²) in [5.41, 5.74) is 3.21. The molecule has 0 aliphatic carbocycles. The molecule has 0 radical (unpaired) electrons. The van der Waals surface area contributed by atoms with Crippen molar-refractivity contribution in [3.05, 3.63) is 17.0 Å². The molecule has 1 unspecified atom stereocenters. The number of nitrogens with zero attached hydrogens (tertiary/aromatic N) is 3. The number of carboxylic acid groups (broad SMARTS) is 1. The van der Waals surface area contributed by atoms with Crippen LogP contribution < -0.4 is 5.32 Å². The molecule has 0 saturated carbocycles. The van der Waals surface area contributed by atoms with E-state index in [4.69, 9.17) is 5.11 Å². The minimum Gasteiger partial charge on any atom is -0.481 e. The quantitative estimate of drug-likeness (QED) is 0.854. The van der Waals surface area contributed by atoms with Crippen molar-refractivity contribution in [3.8, 4) is 0 Å². The molecule has 7 nitrogen and oxygen atoms in total. The molecule has 1 aromatic rings. The molecule has 0 aromatic carbocycles. The Morgan fingerprint density at radius 2 is 2.09 bits per heavy atom. The Bertz CT molecular complexity index is 567. The van der Waals surface area contributed by atoms with Crippen molar-refractivity contribution in [1.82, 2.24) is 20.0 Å². The van der Waals surface area contributed by atoms with E-state index in [2.05, 4.69) is 17.3 Å². The summed E-state index contributed by atoms with van der Waals surface area (Å²) in [6.45, 7) is 5.34. The summed E-state index contributed by atoms with van der Waals surface area (Å²) >= 11 is 0. The third-order valence-corrected chi connectivity index (χ3v) is 4.27. The first-order valence-corrected chi connectivity index (χ1v) is 7.77. The minimum absolute atomic E-state index is 0.197. The van der Waals surface area contributed by atoms with Crippen molar-refractivity contribution < 1.29 is 14.7 Å². The normalized spacial score (nSPS) is 17.8. The Morgan fingerprint density at radius 1 is 1.36 bits per heavy atom. The van der Waals surface area contributed by atoms with Gasteiger partial charge in [-0.25, -0.2) is 4.79 Å². The molecule has 122 valence electrons. The van der Waals surface area contributed by atoms with Crippen molar-refractivity contribution in [2.45, 2.75) is 39.7 Å². The Balaban J connectivity index is 1.99. The number of rotatable bonds is 5. The molecule has 1 aromatic heterocycles. The number of urea groups is 1. The number of hydrogen-bond donors (Lipinski definition) is 2. The van der Waals surface area contributed by atoms with Crippen LogP contribution in [0.3, 0.4) is 0 Å². The molecular formula is C15H24N4O3. The van der Waals surface area contributed by atoms with Gasteiger partial charge in [0, 0.05) is 37.9 Å². The van der Waals surface area contributed by atoms with Crippen LogP contribution in [-0.2, 0) is 31.2 Å². The van der Waals surface area contributed by atoms with E-state index in [1.54, 1.807) is 4.90 Å². The predicted octanol–water partition coefficient (Wildman–Crippen LogP) is 1.16. The third-order valence-electron chi connectivity index (χ3n) is 4.27. The van der Waals surface area contributed by atoms with E-state index < -0.39 is 11.9 Å². The molecule has 0 bridgehead atoms. The summed E-state index contributed by atoms with van der Waals surface area (Å²) in [6.07, 6.45) is 2.21. The molecule has 2 rings (SSSR count). The monoisotopic (exact) mass is 308 g/mol. The van der Waals surface area contributed by atoms with Crippen LogP contribution >= 0.6 is 0 Å². The highest BCUT2D eigenvalue weighted by Gasteiger charge is 2.30. The lowest BCUT2D eigenvalue weighted by atomic mass is 10.1. The number of hydrogen-bond acceptors (Lipinski definition) is 3. The van der Waals surface area contributed by atoms with E-state index in [9.17, 15) is 9.59 Å². The first-order valence-electron chi connectivity index (χ1n) is 7.77. The summed E-state index contributed by atoms with van der Waals surface area (Å²) in [5, 5.41) is 16.4. The van der Waals surface area contributed by atoms with Crippen LogP contribution in [0, 0.1) is 5.92 Å². The van der Waals surface area contributed by atoms with Crippen molar-refractivity contribution in [1.29, 1.82) is 0 Å². The second-order valence-electron chi connectivity index (χ2n) is 5.63. The fourth-order valence-electron chi connectivity index (χ4n) is 3.02. The number of amides is 2.